The number of ether oxygens (including phenoxy) is 1. The number of halogens is 1. The molecule has 0 heterocycles. The van der Waals surface area contributed by atoms with Gasteiger partial charge in [0, 0.05) is 19.2 Å². The predicted octanol–water partition coefficient (Wildman–Crippen LogP) is 1.85. The molecular formula is C12H17BrN2O4. The number of nitro benzene ring substituents is 1. The van der Waals surface area contributed by atoms with Crippen molar-refractivity contribution >= 4 is 21.6 Å². The quantitative estimate of drug-likeness (QED) is 0.409. The average Bonchev–Trinajstić information content (AvgIpc) is 2.39. The van der Waals surface area contributed by atoms with Gasteiger partial charge in [0.25, 0.3) is 5.69 Å². The molecule has 0 unspecified atom stereocenters. The van der Waals surface area contributed by atoms with E-state index >= 15 is 0 Å². The van der Waals surface area contributed by atoms with Crippen molar-refractivity contribution in [3.05, 3.63) is 38.3 Å². The summed E-state index contributed by atoms with van der Waals surface area (Å²) in [7, 11) is 0. The third-order valence-electron chi connectivity index (χ3n) is 2.41. The van der Waals surface area contributed by atoms with Crippen LogP contribution in [-0.4, -0.2) is 36.4 Å². The van der Waals surface area contributed by atoms with Gasteiger partial charge in [0.15, 0.2) is 0 Å². The van der Waals surface area contributed by atoms with E-state index in [1.165, 1.54) is 0 Å². The van der Waals surface area contributed by atoms with Crippen molar-refractivity contribution in [2.75, 3.05) is 26.4 Å². The van der Waals surface area contributed by atoms with Crippen molar-refractivity contribution in [2.45, 2.75) is 13.0 Å². The fourth-order valence-corrected chi connectivity index (χ4v) is 1.90. The Kier molecular flexibility index (Phi) is 7.57. The minimum Gasteiger partial charge on any atom is -0.394 e. The lowest BCUT2D eigenvalue weighted by molar-refractivity contribution is -0.385. The van der Waals surface area contributed by atoms with Gasteiger partial charge in [-0.15, -0.1) is 0 Å². The Balaban J connectivity index is 2.30. The van der Waals surface area contributed by atoms with Crippen LogP contribution in [0.4, 0.5) is 5.69 Å². The normalized spacial score (nSPS) is 10.6. The second kappa shape index (κ2) is 8.98. The highest BCUT2D eigenvalue weighted by atomic mass is 79.9. The van der Waals surface area contributed by atoms with E-state index in [2.05, 4.69) is 21.2 Å². The zero-order valence-electron chi connectivity index (χ0n) is 10.5. The molecule has 1 aromatic carbocycles. The van der Waals surface area contributed by atoms with Crippen molar-refractivity contribution in [1.82, 2.24) is 5.32 Å². The first kappa shape index (κ1) is 16.0. The summed E-state index contributed by atoms with van der Waals surface area (Å²) in [6, 6.07) is 5.07. The fraction of sp³-hybridized carbons (Fsp3) is 0.500. The van der Waals surface area contributed by atoms with E-state index in [0.29, 0.717) is 24.2 Å². The minimum absolute atomic E-state index is 0.0377. The average molecular weight is 333 g/mol. The van der Waals surface area contributed by atoms with E-state index in [4.69, 9.17) is 9.84 Å². The summed E-state index contributed by atoms with van der Waals surface area (Å²) in [5.74, 6) is 0. The topological polar surface area (TPSA) is 84.6 Å². The standard InChI is InChI=1S/C12H17BrN2O4/c13-11-3-2-10(8-12(11)15(17)18)9-14-4-1-6-19-7-5-16/h2-3,8,14,16H,1,4-7,9H2. The van der Waals surface area contributed by atoms with Gasteiger partial charge >= 0.3 is 0 Å². The highest BCUT2D eigenvalue weighted by molar-refractivity contribution is 9.10. The van der Waals surface area contributed by atoms with E-state index in [1.54, 1.807) is 12.1 Å². The van der Waals surface area contributed by atoms with Gasteiger partial charge in [0.2, 0.25) is 0 Å². The second-order valence-corrected chi connectivity index (χ2v) is 4.76. The maximum Gasteiger partial charge on any atom is 0.283 e. The molecule has 0 aliphatic rings. The molecule has 1 rings (SSSR count). The summed E-state index contributed by atoms with van der Waals surface area (Å²) >= 11 is 3.15. The summed E-state index contributed by atoms with van der Waals surface area (Å²) in [5.41, 5.74) is 0.941. The molecular weight excluding hydrogens is 316 g/mol. The Morgan fingerprint density at radius 3 is 2.89 bits per heavy atom. The lowest BCUT2D eigenvalue weighted by Crippen LogP contribution is -2.16. The molecule has 7 heteroatoms. The molecule has 0 atom stereocenters. The number of aliphatic hydroxyl groups excluding tert-OH is 1. The van der Waals surface area contributed by atoms with Gasteiger partial charge in [-0.3, -0.25) is 10.1 Å². The fourth-order valence-electron chi connectivity index (χ4n) is 1.51. The molecule has 0 spiro atoms. The third kappa shape index (κ3) is 6.11. The zero-order valence-corrected chi connectivity index (χ0v) is 12.1. The summed E-state index contributed by atoms with van der Waals surface area (Å²) in [6.07, 6.45) is 0.832. The van der Waals surface area contributed by atoms with Gasteiger partial charge in [-0.1, -0.05) is 6.07 Å². The Morgan fingerprint density at radius 1 is 1.42 bits per heavy atom. The zero-order chi connectivity index (χ0) is 14.1. The van der Waals surface area contributed by atoms with Crippen LogP contribution >= 0.6 is 15.9 Å². The Labute approximate surface area is 120 Å². The van der Waals surface area contributed by atoms with Crippen LogP contribution in [-0.2, 0) is 11.3 Å². The van der Waals surface area contributed by atoms with Crippen molar-refractivity contribution < 1.29 is 14.8 Å². The summed E-state index contributed by atoms with van der Waals surface area (Å²) in [5, 5.41) is 22.5. The van der Waals surface area contributed by atoms with E-state index in [0.717, 1.165) is 18.5 Å². The maximum absolute atomic E-state index is 10.8. The number of aliphatic hydroxyl groups is 1. The molecule has 0 aliphatic heterocycles. The Morgan fingerprint density at radius 2 is 2.21 bits per heavy atom. The van der Waals surface area contributed by atoms with Crippen molar-refractivity contribution in [1.29, 1.82) is 0 Å². The van der Waals surface area contributed by atoms with E-state index < -0.39 is 4.92 Å². The summed E-state index contributed by atoms with van der Waals surface area (Å²) in [6.45, 7) is 2.33. The number of nitrogens with zero attached hydrogens (tertiary/aromatic N) is 1. The molecule has 19 heavy (non-hydrogen) atoms. The molecule has 106 valence electrons. The van der Waals surface area contributed by atoms with Gasteiger partial charge in [-0.2, -0.15) is 0 Å². The number of benzene rings is 1. The summed E-state index contributed by atoms with van der Waals surface area (Å²) < 4.78 is 5.60. The molecule has 6 nitrogen and oxygen atoms in total. The monoisotopic (exact) mass is 332 g/mol. The van der Waals surface area contributed by atoms with Gasteiger partial charge < -0.3 is 15.2 Å². The van der Waals surface area contributed by atoms with Crippen LogP contribution in [0.25, 0.3) is 0 Å². The van der Waals surface area contributed by atoms with E-state index in [1.807, 2.05) is 6.07 Å². The molecule has 0 bridgehead atoms. The van der Waals surface area contributed by atoms with Crippen LogP contribution < -0.4 is 5.32 Å². The van der Waals surface area contributed by atoms with Crippen LogP contribution in [0.1, 0.15) is 12.0 Å². The largest absolute Gasteiger partial charge is 0.394 e. The summed E-state index contributed by atoms with van der Waals surface area (Å²) in [4.78, 5) is 10.4. The first-order valence-corrected chi connectivity index (χ1v) is 6.76. The van der Waals surface area contributed by atoms with Gasteiger partial charge in [0.05, 0.1) is 22.6 Å². The molecule has 0 saturated heterocycles. The molecule has 0 fully saturated rings. The molecule has 0 aromatic heterocycles. The minimum atomic E-state index is -0.406. The Hall–Kier alpha value is -1.02. The van der Waals surface area contributed by atoms with Crippen molar-refractivity contribution in [3.63, 3.8) is 0 Å². The SMILES string of the molecule is O=[N+]([O-])c1cc(CNCCCOCCO)ccc1Br. The van der Waals surface area contributed by atoms with Gasteiger partial charge in [0.1, 0.15) is 0 Å². The lowest BCUT2D eigenvalue weighted by Gasteiger charge is -2.06. The van der Waals surface area contributed by atoms with E-state index in [-0.39, 0.29) is 12.3 Å². The van der Waals surface area contributed by atoms with Crippen molar-refractivity contribution in [2.24, 2.45) is 0 Å². The molecule has 0 radical (unpaired) electrons. The van der Waals surface area contributed by atoms with Gasteiger partial charge in [-0.25, -0.2) is 0 Å². The van der Waals surface area contributed by atoms with Crippen LogP contribution in [0.3, 0.4) is 0 Å². The second-order valence-electron chi connectivity index (χ2n) is 3.91. The number of hydrogen-bond donors (Lipinski definition) is 2. The van der Waals surface area contributed by atoms with Crippen LogP contribution in [0.5, 0.6) is 0 Å². The highest BCUT2D eigenvalue weighted by Gasteiger charge is 2.11. The third-order valence-corrected chi connectivity index (χ3v) is 3.08. The molecule has 0 saturated carbocycles. The lowest BCUT2D eigenvalue weighted by atomic mass is 10.2. The number of rotatable bonds is 9. The molecule has 1 aromatic rings. The van der Waals surface area contributed by atoms with Crippen LogP contribution in [0.15, 0.2) is 22.7 Å². The van der Waals surface area contributed by atoms with Gasteiger partial charge in [-0.05, 0) is 40.5 Å². The van der Waals surface area contributed by atoms with E-state index in [9.17, 15) is 10.1 Å². The highest BCUT2D eigenvalue weighted by Crippen LogP contribution is 2.25. The van der Waals surface area contributed by atoms with Crippen LogP contribution in [0.2, 0.25) is 0 Å². The Bertz CT molecular complexity index is 415. The molecule has 0 aliphatic carbocycles. The first-order chi connectivity index (χ1) is 9.15. The van der Waals surface area contributed by atoms with Crippen LogP contribution in [0, 0.1) is 10.1 Å². The smallest absolute Gasteiger partial charge is 0.283 e. The van der Waals surface area contributed by atoms with Crippen molar-refractivity contribution in [3.8, 4) is 0 Å². The maximum atomic E-state index is 10.8. The molecule has 2 N–H and O–H groups in total. The number of hydrogen-bond acceptors (Lipinski definition) is 5. The number of nitro groups is 1. The number of nitrogens with one attached hydrogen (secondary N) is 1. The molecule has 0 amide bonds. The predicted molar refractivity (Wildman–Crippen MR) is 75.0 cm³/mol. The first-order valence-electron chi connectivity index (χ1n) is 5.97.